The van der Waals surface area contributed by atoms with Gasteiger partial charge >= 0.3 is 5.97 Å². The molecule has 0 spiro atoms. The molecule has 0 aliphatic heterocycles. The van der Waals surface area contributed by atoms with E-state index in [4.69, 9.17) is 9.47 Å². The van der Waals surface area contributed by atoms with Crippen molar-refractivity contribution in [1.29, 1.82) is 0 Å². The van der Waals surface area contributed by atoms with Crippen LogP contribution < -0.4 is 14.9 Å². The van der Waals surface area contributed by atoms with Crippen LogP contribution in [-0.4, -0.2) is 43.8 Å². The van der Waals surface area contributed by atoms with E-state index in [1.165, 1.54) is 38.6 Å². The van der Waals surface area contributed by atoms with E-state index in [0.717, 1.165) is 0 Å². The summed E-state index contributed by atoms with van der Waals surface area (Å²) in [5.74, 6) is -0.399. The van der Waals surface area contributed by atoms with Crippen molar-refractivity contribution in [2.24, 2.45) is 5.10 Å². The third-order valence-electron chi connectivity index (χ3n) is 3.79. The lowest BCUT2D eigenvalue weighted by Crippen LogP contribution is -2.20. The maximum atomic E-state index is 12.1. The van der Waals surface area contributed by atoms with Gasteiger partial charge in [0.15, 0.2) is 18.1 Å². The van der Waals surface area contributed by atoms with Crippen LogP contribution in [0.5, 0.6) is 11.5 Å². The van der Waals surface area contributed by atoms with Crippen LogP contribution in [0.2, 0.25) is 0 Å². The van der Waals surface area contributed by atoms with E-state index in [1.54, 1.807) is 18.2 Å². The Labute approximate surface area is 180 Å². The van der Waals surface area contributed by atoms with E-state index in [0.29, 0.717) is 21.5 Å². The fourth-order valence-electron chi connectivity index (χ4n) is 2.34. The van der Waals surface area contributed by atoms with E-state index in [-0.39, 0.29) is 24.3 Å². The molecular weight excluding hydrogens is 462 g/mol. The summed E-state index contributed by atoms with van der Waals surface area (Å²) in [5, 5.41) is 14.9. The number of benzene rings is 2. The van der Waals surface area contributed by atoms with Crippen molar-refractivity contribution in [3.05, 3.63) is 62.1 Å². The number of nitro groups is 1. The Morgan fingerprint density at radius 3 is 2.63 bits per heavy atom. The fourth-order valence-corrected chi connectivity index (χ4v) is 2.77. The van der Waals surface area contributed by atoms with E-state index < -0.39 is 16.8 Å². The van der Waals surface area contributed by atoms with Gasteiger partial charge in [0, 0.05) is 21.7 Å². The normalized spacial score (nSPS) is 10.5. The maximum Gasteiger partial charge on any atom is 0.343 e. The number of nitrogens with one attached hydrogen (secondary N) is 1. The van der Waals surface area contributed by atoms with Crippen molar-refractivity contribution < 1.29 is 28.7 Å². The van der Waals surface area contributed by atoms with Crippen molar-refractivity contribution in [3.63, 3.8) is 0 Å². The van der Waals surface area contributed by atoms with E-state index in [1.807, 2.05) is 0 Å². The molecule has 1 amide bonds. The molecule has 0 atom stereocenters. The Balaban J connectivity index is 2.06. The van der Waals surface area contributed by atoms with Gasteiger partial charge in [0.25, 0.3) is 5.69 Å². The number of nitro benzene ring substituents is 1. The third-order valence-corrected chi connectivity index (χ3v) is 4.48. The number of nitrogens with zero attached hydrogens (tertiary/aromatic N) is 2. The molecule has 0 unspecified atom stereocenters. The maximum absolute atomic E-state index is 12.1. The van der Waals surface area contributed by atoms with Crippen LogP contribution in [0.25, 0.3) is 0 Å². The average Bonchev–Trinajstić information content (AvgIpc) is 2.73. The first kappa shape index (κ1) is 22.8. The van der Waals surface area contributed by atoms with Crippen LogP contribution >= 0.6 is 15.9 Å². The van der Waals surface area contributed by atoms with Gasteiger partial charge in [-0.2, -0.15) is 5.10 Å². The van der Waals surface area contributed by atoms with E-state index in [2.05, 4.69) is 31.2 Å². The van der Waals surface area contributed by atoms with Gasteiger partial charge in [0.2, 0.25) is 5.91 Å². The number of rotatable bonds is 9. The second kappa shape index (κ2) is 10.9. The van der Waals surface area contributed by atoms with Gasteiger partial charge in [-0.3, -0.25) is 14.9 Å². The molecule has 0 aromatic heterocycles. The minimum atomic E-state index is -0.543. The number of hydrogen-bond acceptors (Lipinski definition) is 8. The highest BCUT2D eigenvalue weighted by atomic mass is 79.9. The smallest absolute Gasteiger partial charge is 0.343 e. The predicted molar refractivity (Wildman–Crippen MR) is 111 cm³/mol. The molecule has 30 heavy (non-hydrogen) atoms. The van der Waals surface area contributed by atoms with Gasteiger partial charge in [0.05, 0.1) is 31.8 Å². The molecular formula is C19H18BrN3O7. The number of amides is 1. The third kappa shape index (κ3) is 6.27. The van der Waals surface area contributed by atoms with Crippen LogP contribution in [0, 0.1) is 10.1 Å². The highest BCUT2D eigenvalue weighted by Crippen LogP contribution is 2.33. The van der Waals surface area contributed by atoms with Crippen molar-refractivity contribution in [2.75, 3.05) is 20.8 Å². The van der Waals surface area contributed by atoms with Crippen LogP contribution in [0.4, 0.5) is 5.69 Å². The van der Waals surface area contributed by atoms with Crippen LogP contribution in [0.1, 0.15) is 11.1 Å². The number of carbonyl (C=O) groups excluding carboxylic acids is 2. The SMILES string of the molecule is COC(=O)COc1cc(Br)c(/C=N/NC(=O)Cc2ccccc2[N+](=O)[O-])cc1OC. The van der Waals surface area contributed by atoms with Crippen molar-refractivity contribution in [2.45, 2.75) is 6.42 Å². The summed E-state index contributed by atoms with van der Waals surface area (Å²) in [5.41, 5.74) is 3.04. The molecule has 0 saturated heterocycles. The predicted octanol–water partition coefficient (Wildman–Crippen LogP) is 2.61. The van der Waals surface area contributed by atoms with Crippen LogP contribution in [0.3, 0.4) is 0 Å². The van der Waals surface area contributed by atoms with Crippen molar-refractivity contribution >= 4 is 39.7 Å². The van der Waals surface area contributed by atoms with Crippen LogP contribution in [0.15, 0.2) is 46.0 Å². The summed E-state index contributed by atoms with van der Waals surface area (Å²) in [4.78, 5) is 33.8. The summed E-state index contributed by atoms with van der Waals surface area (Å²) in [6.45, 7) is -0.283. The number of hydrogen-bond donors (Lipinski definition) is 1. The molecule has 0 radical (unpaired) electrons. The van der Waals surface area contributed by atoms with Gasteiger partial charge in [-0.05, 0) is 28.1 Å². The second-order valence-electron chi connectivity index (χ2n) is 5.75. The van der Waals surface area contributed by atoms with Gasteiger partial charge < -0.3 is 14.2 Å². The topological polar surface area (TPSA) is 129 Å². The summed E-state index contributed by atoms with van der Waals surface area (Å²) in [6, 6.07) is 9.16. The minimum absolute atomic E-state index is 0.133. The Morgan fingerprint density at radius 2 is 1.97 bits per heavy atom. The summed E-state index contributed by atoms with van der Waals surface area (Å²) in [7, 11) is 2.69. The molecule has 0 fully saturated rings. The number of methoxy groups -OCH3 is 2. The molecule has 11 heteroatoms. The largest absolute Gasteiger partial charge is 0.493 e. The number of esters is 1. The van der Waals surface area contributed by atoms with Gasteiger partial charge in [-0.15, -0.1) is 0 Å². The van der Waals surface area contributed by atoms with Crippen molar-refractivity contribution in [3.8, 4) is 11.5 Å². The molecule has 0 bridgehead atoms. The molecule has 2 rings (SSSR count). The summed E-state index contributed by atoms with van der Waals surface area (Å²) >= 11 is 3.35. The standard InChI is InChI=1S/C19H18BrN3O7/c1-28-16-7-13(14(20)9-17(16)30-11-19(25)29-2)10-21-22-18(24)8-12-5-3-4-6-15(12)23(26)27/h3-7,9-10H,8,11H2,1-2H3,(H,22,24)/b21-10+. The average molecular weight is 480 g/mol. The monoisotopic (exact) mass is 479 g/mol. The molecule has 2 aromatic rings. The van der Waals surface area contributed by atoms with Crippen molar-refractivity contribution in [1.82, 2.24) is 5.43 Å². The lowest BCUT2D eigenvalue weighted by molar-refractivity contribution is -0.385. The minimum Gasteiger partial charge on any atom is -0.493 e. The quantitative estimate of drug-likeness (QED) is 0.253. The lowest BCUT2D eigenvalue weighted by Gasteiger charge is -2.11. The zero-order valence-electron chi connectivity index (χ0n) is 16.1. The number of carbonyl (C=O) groups is 2. The molecule has 158 valence electrons. The Hall–Kier alpha value is -3.47. The highest BCUT2D eigenvalue weighted by molar-refractivity contribution is 9.10. The molecule has 1 N–H and O–H groups in total. The highest BCUT2D eigenvalue weighted by Gasteiger charge is 2.15. The number of ether oxygens (including phenoxy) is 3. The Bertz CT molecular complexity index is 979. The molecule has 0 aliphatic carbocycles. The van der Waals surface area contributed by atoms with Crippen LogP contribution in [-0.2, 0) is 20.7 Å². The van der Waals surface area contributed by atoms with E-state index >= 15 is 0 Å². The molecule has 10 nitrogen and oxygen atoms in total. The zero-order valence-corrected chi connectivity index (χ0v) is 17.7. The molecule has 0 saturated carbocycles. The number of para-hydroxylation sites is 1. The first-order valence-electron chi connectivity index (χ1n) is 8.47. The zero-order chi connectivity index (χ0) is 22.1. The number of halogens is 1. The summed E-state index contributed by atoms with van der Waals surface area (Å²) < 4.78 is 15.7. The molecule has 0 aliphatic rings. The molecule has 0 heterocycles. The Morgan fingerprint density at radius 1 is 1.23 bits per heavy atom. The van der Waals surface area contributed by atoms with Gasteiger partial charge in [-0.1, -0.05) is 18.2 Å². The summed E-state index contributed by atoms with van der Waals surface area (Å²) in [6.07, 6.45) is 1.17. The number of hydrazone groups is 1. The van der Waals surface area contributed by atoms with Gasteiger partial charge in [-0.25, -0.2) is 10.2 Å². The lowest BCUT2D eigenvalue weighted by atomic mass is 10.1. The van der Waals surface area contributed by atoms with Gasteiger partial charge in [0.1, 0.15) is 0 Å². The first-order chi connectivity index (χ1) is 14.3. The first-order valence-corrected chi connectivity index (χ1v) is 9.26. The second-order valence-corrected chi connectivity index (χ2v) is 6.60. The van der Waals surface area contributed by atoms with E-state index in [9.17, 15) is 19.7 Å². The molecule has 2 aromatic carbocycles. The Kier molecular flexibility index (Phi) is 8.29. The fraction of sp³-hybridized carbons (Fsp3) is 0.211.